The molecule has 9 nitrogen and oxygen atoms in total. The van der Waals surface area contributed by atoms with Gasteiger partial charge in [0.05, 0.1) is 22.6 Å². The van der Waals surface area contributed by atoms with E-state index in [-0.39, 0.29) is 41.6 Å². The van der Waals surface area contributed by atoms with Gasteiger partial charge in [-0.25, -0.2) is 21.6 Å². The molecule has 2 heterocycles. The largest absolute Gasteiger partial charge is 0.465 e. The lowest BCUT2D eigenvalue weighted by molar-refractivity contribution is -0.120. The molecular formula is C23H24N2O7S3. The molecule has 1 aliphatic heterocycles. The highest BCUT2D eigenvalue weighted by molar-refractivity contribution is 7.91. The standard InChI is InChI=1S/C23H24N2O7S3/c1-32-23(27)21-20(18-8-3-4-9-19(18)33-21)24-22(26)15-10-12-25(13-11-15)35(30,31)17-7-5-6-16(14-17)34(2,28)29/h3-9,14-15H,10-13H2,1-2H3,(H,24,26). The van der Waals surface area contributed by atoms with Crippen LogP contribution in [0.3, 0.4) is 0 Å². The summed E-state index contributed by atoms with van der Waals surface area (Å²) < 4.78 is 56.8. The lowest BCUT2D eigenvalue weighted by atomic mass is 9.97. The van der Waals surface area contributed by atoms with Gasteiger partial charge in [0.1, 0.15) is 4.88 Å². The van der Waals surface area contributed by atoms with Crippen molar-refractivity contribution < 1.29 is 31.2 Å². The predicted octanol–water partition coefficient (Wildman–Crippen LogP) is 3.13. The number of nitrogens with one attached hydrogen (secondary N) is 1. The summed E-state index contributed by atoms with van der Waals surface area (Å²) in [7, 11) is -6.20. The number of hydrogen-bond donors (Lipinski definition) is 1. The summed E-state index contributed by atoms with van der Waals surface area (Å²) in [4.78, 5) is 25.4. The van der Waals surface area contributed by atoms with Crippen molar-refractivity contribution in [1.29, 1.82) is 0 Å². The molecule has 0 unspecified atom stereocenters. The highest BCUT2D eigenvalue weighted by Gasteiger charge is 2.33. The molecular weight excluding hydrogens is 512 g/mol. The Morgan fingerprint density at radius 1 is 1.00 bits per heavy atom. The number of esters is 1. The highest BCUT2D eigenvalue weighted by Crippen LogP contribution is 2.37. The Morgan fingerprint density at radius 3 is 2.31 bits per heavy atom. The van der Waals surface area contributed by atoms with E-state index >= 15 is 0 Å². The molecule has 186 valence electrons. The van der Waals surface area contributed by atoms with Crippen LogP contribution < -0.4 is 5.32 Å². The zero-order chi connectivity index (χ0) is 25.4. The molecule has 0 bridgehead atoms. The van der Waals surface area contributed by atoms with E-state index in [0.717, 1.165) is 22.4 Å². The molecule has 3 aromatic rings. The van der Waals surface area contributed by atoms with Gasteiger partial charge in [0, 0.05) is 35.3 Å². The third kappa shape index (κ3) is 5.10. The van der Waals surface area contributed by atoms with Crippen LogP contribution in [-0.4, -0.2) is 59.5 Å². The van der Waals surface area contributed by atoms with E-state index in [0.29, 0.717) is 10.6 Å². The minimum absolute atomic E-state index is 0.0720. The predicted molar refractivity (Wildman–Crippen MR) is 133 cm³/mol. The third-order valence-corrected chi connectivity index (χ3v) is 10.1. The van der Waals surface area contributed by atoms with Crippen LogP contribution in [0, 0.1) is 5.92 Å². The fourth-order valence-electron chi connectivity index (χ4n) is 4.00. The second kappa shape index (κ2) is 9.69. The van der Waals surface area contributed by atoms with Crippen LogP contribution in [0.5, 0.6) is 0 Å². The zero-order valence-corrected chi connectivity index (χ0v) is 21.5. The third-order valence-electron chi connectivity index (χ3n) is 5.91. The zero-order valence-electron chi connectivity index (χ0n) is 19.1. The van der Waals surface area contributed by atoms with Crippen molar-refractivity contribution in [2.24, 2.45) is 5.92 Å². The number of nitrogens with zero attached hydrogens (tertiary/aromatic N) is 1. The summed E-state index contributed by atoms with van der Waals surface area (Å²) in [5.74, 6) is -1.29. The molecule has 0 atom stereocenters. The number of piperidine rings is 1. The fourth-order valence-corrected chi connectivity index (χ4v) is 7.34. The van der Waals surface area contributed by atoms with Crippen LogP contribution in [0.25, 0.3) is 10.1 Å². The molecule has 0 aliphatic carbocycles. The molecule has 0 saturated carbocycles. The van der Waals surface area contributed by atoms with Gasteiger partial charge in [-0.3, -0.25) is 4.79 Å². The van der Waals surface area contributed by atoms with Gasteiger partial charge < -0.3 is 10.1 Å². The number of fused-ring (bicyclic) bond motifs is 1. The number of anilines is 1. The van der Waals surface area contributed by atoms with Gasteiger partial charge in [0.25, 0.3) is 0 Å². The summed E-state index contributed by atoms with van der Waals surface area (Å²) in [5.41, 5.74) is 0.398. The van der Waals surface area contributed by atoms with Crippen molar-refractivity contribution in [2.75, 3.05) is 31.8 Å². The quantitative estimate of drug-likeness (QED) is 0.480. The topological polar surface area (TPSA) is 127 Å². The Morgan fingerprint density at radius 2 is 1.66 bits per heavy atom. The molecule has 1 aliphatic rings. The minimum atomic E-state index is -3.92. The van der Waals surface area contributed by atoms with E-state index in [1.54, 1.807) is 0 Å². The second-order valence-corrected chi connectivity index (χ2v) is 13.2. The van der Waals surface area contributed by atoms with Gasteiger partial charge in [-0.1, -0.05) is 24.3 Å². The molecule has 1 saturated heterocycles. The van der Waals surface area contributed by atoms with E-state index in [1.807, 2.05) is 24.3 Å². The van der Waals surface area contributed by atoms with Crippen molar-refractivity contribution in [2.45, 2.75) is 22.6 Å². The molecule has 0 radical (unpaired) electrons. The summed E-state index contributed by atoms with van der Waals surface area (Å²) in [6, 6.07) is 12.6. The second-order valence-electron chi connectivity index (χ2n) is 8.21. The number of rotatable bonds is 6. The number of methoxy groups -OCH3 is 1. The van der Waals surface area contributed by atoms with Gasteiger partial charge in [-0.15, -0.1) is 11.3 Å². The van der Waals surface area contributed by atoms with Crippen molar-refractivity contribution in [3.8, 4) is 0 Å². The van der Waals surface area contributed by atoms with Gasteiger partial charge in [-0.05, 0) is 37.1 Å². The number of amides is 1. The first-order valence-corrected chi connectivity index (χ1v) is 14.9. The van der Waals surface area contributed by atoms with E-state index in [2.05, 4.69) is 5.32 Å². The summed E-state index contributed by atoms with van der Waals surface area (Å²) in [6.45, 7) is 0.218. The average Bonchev–Trinajstić information content (AvgIpc) is 3.21. The maximum Gasteiger partial charge on any atom is 0.350 e. The van der Waals surface area contributed by atoms with Crippen molar-refractivity contribution in [3.05, 3.63) is 53.4 Å². The summed E-state index contributed by atoms with van der Waals surface area (Å²) in [5, 5.41) is 3.60. The average molecular weight is 537 g/mol. The van der Waals surface area contributed by atoms with Crippen molar-refractivity contribution in [1.82, 2.24) is 4.31 Å². The first kappa shape index (κ1) is 25.3. The SMILES string of the molecule is COC(=O)c1sc2ccccc2c1NC(=O)C1CCN(S(=O)(=O)c2cccc(S(C)(=O)=O)c2)CC1. The molecule has 35 heavy (non-hydrogen) atoms. The molecule has 1 amide bonds. The number of carbonyl (C=O) groups is 2. The number of carbonyl (C=O) groups excluding carboxylic acids is 2. The van der Waals surface area contributed by atoms with Crippen LogP contribution in [0.1, 0.15) is 22.5 Å². The van der Waals surface area contributed by atoms with E-state index in [1.165, 1.54) is 41.0 Å². The number of sulfone groups is 1. The van der Waals surface area contributed by atoms with Crippen LogP contribution in [0.2, 0.25) is 0 Å². The van der Waals surface area contributed by atoms with E-state index in [4.69, 9.17) is 4.74 Å². The summed E-state index contributed by atoms with van der Waals surface area (Å²) >= 11 is 1.23. The lowest BCUT2D eigenvalue weighted by Gasteiger charge is -2.30. The fraction of sp³-hybridized carbons (Fsp3) is 0.304. The van der Waals surface area contributed by atoms with E-state index in [9.17, 15) is 26.4 Å². The molecule has 1 N–H and O–H groups in total. The molecule has 0 spiro atoms. The maximum absolute atomic E-state index is 13.1. The van der Waals surface area contributed by atoms with Gasteiger partial charge >= 0.3 is 5.97 Å². The first-order valence-electron chi connectivity index (χ1n) is 10.7. The molecule has 2 aromatic carbocycles. The molecule has 1 aromatic heterocycles. The Bertz CT molecular complexity index is 1500. The lowest BCUT2D eigenvalue weighted by Crippen LogP contribution is -2.41. The smallest absolute Gasteiger partial charge is 0.350 e. The highest BCUT2D eigenvalue weighted by atomic mass is 32.2. The Kier molecular flexibility index (Phi) is 7.00. The van der Waals surface area contributed by atoms with Crippen molar-refractivity contribution in [3.63, 3.8) is 0 Å². The van der Waals surface area contributed by atoms with E-state index < -0.39 is 31.7 Å². The van der Waals surface area contributed by atoms with Crippen molar-refractivity contribution >= 4 is 58.8 Å². The van der Waals surface area contributed by atoms with Crippen LogP contribution >= 0.6 is 11.3 Å². The molecule has 12 heteroatoms. The normalized spacial score (nSPS) is 15.7. The van der Waals surface area contributed by atoms with Crippen LogP contribution in [-0.2, 0) is 29.4 Å². The van der Waals surface area contributed by atoms with Gasteiger partial charge in [0.15, 0.2) is 9.84 Å². The Labute approximate surface area is 207 Å². The Balaban J connectivity index is 1.49. The number of benzene rings is 2. The maximum atomic E-state index is 13.1. The summed E-state index contributed by atoms with van der Waals surface area (Å²) in [6.07, 6.45) is 1.59. The van der Waals surface area contributed by atoms with Gasteiger partial charge in [0.2, 0.25) is 15.9 Å². The number of hydrogen-bond acceptors (Lipinski definition) is 8. The number of thiophene rings is 1. The first-order chi connectivity index (χ1) is 16.5. The molecule has 4 rings (SSSR count). The minimum Gasteiger partial charge on any atom is -0.465 e. The monoisotopic (exact) mass is 536 g/mol. The number of ether oxygens (including phenoxy) is 1. The van der Waals surface area contributed by atoms with Crippen LogP contribution in [0.15, 0.2) is 58.3 Å². The van der Waals surface area contributed by atoms with Gasteiger partial charge in [-0.2, -0.15) is 4.31 Å². The Hall–Kier alpha value is -2.80. The van der Waals surface area contributed by atoms with Crippen LogP contribution in [0.4, 0.5) is 5.69 Å². The molecule has 1 fully saturated rings. The number of sulfonamides is 1.